The fourth-order valence-corrected chi connectivity index (χ4v) is 2.55. The van der Waals surface area contributed by atoms with E-state index in [4.69, 9.17) is 4.74 Å². The standard InChI is InChI=1S/C15H23N3O2/c1-4-18(8-12-7-5-6-11(2)17-12)15(19)13-9-20-10-14(13)16-3/h5-7,13-14,16H,4,8-10H2,1-3H3. The van der Waals surface area contributed by atoms with E-state index in [9.17, 15) is 4.79 Å². The lowest BCUT2D eigenvalue weighted by Gasteiger charge is -2.26. The van der Waals surface area contributed by atoms with E-state index in [0.29, 0.717) is 26.3 Å². The molecule has 1 N–H and O–H groups in total. The van der Waals surface area contributed by atoms with Gasteiger partial charge in [0.2, 0.25) is 5.91 Å². The van der Waals surface area contributed by atoms with E-state index >= 15 is 0 Å². The molecule has 1 aromatic rings. The van der Waals surface area contributed by atoms with E-state index in [1.54, 1.807) is 0 Å². The number of amides is 1. The number of aromatic nitrogens is 1. The molecular formula is C15H23N3O2. The van der Waals surface area contributed by atoms with Gasteiger partial charge >= 0.3 is 0 Å². The molecule has 2 atom stereocenters. The molecule has 1 aromatic heterocycles. The minimum Gasteiger partial charge on any atom is -0.379 e. The van der Waals surface area contributed by atoms with Crippen molar-refractivity contribution in [2.24, 2.45) is 5.92 Å². The highest BCUT2D eigenvalue weighted by Gasteiger charge is 2.35. The first-order valence-corrected chi connectivity index (χ1v) is 7.12. The SMILES string of the molecule is CCN(Cc1cccc(C)n1)C(=O)C1COCC1NC. The Kier molecular flexibility index (Phi) is 5.09. The van der Waals surface area contributed by atoms with E-state index in [1.807, 2.05) is 44.0 Å². The molecule has 2 rings (SSSR count). The van der Waals surface area contributed by atoms with Crippen molar-refractivity contribution in [3.63, 3.8) is 0 Å². The predicted octanol–water partition coefficient (Wildman–Crippen LogP) is 0.973. The zero-order valence-electron chi connectivity index (χ0n) is 12.4. The first-order valence-electron chi connectivity index (χ1n) is 7.12. The molecule has 0 spiro atoms. The zero-order chi connectivity index (χ0) is 14.5. The number of ether oxygens (including phenoxy) is 1. The van der Waals surface area contributed by atoms with Gasteiger partial charge in [-0.25, -0.2) is 0 Å². The van der Waals surface area contributed by atoms with Gasteiger partial charge in [-0.3, -0.25) is 9.78 Å². The molecular weight excluding hydrogens is 254 g/mol. The Morgan fingerprint density at radius 1 is 1.50 bits per heavy atom. The van der Waals surface area contributed by atoms with Crippen LogP contribution in [0.4, 0.5) is 0 Å². The predicted molar refractivity (Wildman–Crippen MR) is 77.2 cm³/mol. The monoisotopic (exact) mass is 277 g/mol. The van der Waals surface area contributed by atoms with Crippen molar-refractivity contribution < 1.29 is 9.53 Å². The average Bonchev–Trinajstić information content (AvgIpc) is 2.92. The van der Waals surface area contributed by atoms with Crippen LogP contribution in [0.25, 0.3) is 0 Å². The van der Waals surface area contributed by atoms with E-state index in [-0.39, 0.29) is 17.9 Å². The maximum Gasteiger partial charge on any atom is 0.230 e. The number of hydrogen-bond acceptors (Lipinski definition) is 4. The molecule has 5 nitrogen and oxygen atoms in total. The minimum absolute atomic E-state index is 0.0928. The molecule has 0 saturated carbocycles. The van der Waals surface area contributed by atoms with Crippen LogP contribution in [0.3, 0.4) is 0 Å². The lowest BCUT2D eigenvalue weighted by atomic mass is 10.0. The lowest BCUT2D eigenvalue weighted by Crippen LogP contribution is -2.44. The smallest absolute Gasteiger partial charge is 0.230 e. The van der Waals surface area contributed by atoms with Gasteiger partial charge in [-0.2, -0.15) is 0 Å². The second kappa shape index (κ2) is 6.81. The van der Waals surface area contributed by atoms with Gasteiger partial charge in [0.1, 0.15) is 0 Å². The number of aryl methyl sites for hydroxylation is 1. The van der Waals surface area contributed by atoms with Gasteiger partial charge in [0.05, 0.1) is 31.4 Å². The molecule has 110 valence electrons. The Morgan fingerprint density at radius 2 is 2.30 bits per heavy atom. The Morgan fingerprint density at radius 3 is 2.95 bits per heavy atom. The molecule has 0 aromatic carbocycles. The van der Waals surface area contributed by atoms with Crippen molar-refractivity contribution in [2.75, 3.05) is 26.8 Å². The van der Waals surface area contributed by atoms with Crippen molar-refractivity contribution >= 4 is 5.91 Å². The Balaban J connectivity index is 2.06. The second-order valence-corrected chi connectivity index (χ2v) is 5.16. The van der Waals surface area contributed by atoms with Crippen molar-refractivity contribution in [3.8, 4) is 0 Å². The second-order valence-electron chi connectivity index (χ2n) is 5.16. The summed E-state index contributed by atoms with van der Waals surface area (Å²) in [5.74, 6) is 0.0532. The molecule has 1 aliphatic heterocycles. The Labute approximate surface area is 120 Å². The number of carbonyl (C=O) groups excluding carboxylic acids is 1. The topological polar surface area (TPSA) is 54.5 Å². The molecule has 5 heteroatoms. The van der Waals surface area contributed by atoms with Crippen LogP contribution in [0.5, 0.6) is 0 Å². The molecule has 1 fully saturated rings. The summed E-state index contributed by atoms with van der Waals surface area (Å²) in [7, 11) is 1.87. The number of nitrogens with one attached hydrogen (secondary N) is 1. The third-order valence-electron chi connectivity index (χ3n) is 3.76. The zero-order valence-corrected chi connectivity index (χ0v) is 12.4. The van der Waals surface area contributed by atoms with Gasteiger partial charge in [0.15, 0.2) is 0 Å². The first-order chi connectivity index (χ1) is 9.65. The van der Waals surface area contributed by atoms with Crippen LogP contribution < -0.4 is 5.32 Å². The van der Waals surface area contributed by atoms with Crippen molar-refractivity contribution in [2.45, 2.75) is 26.4 Å². The highest BCUT2D eigenvalue weighted by atomic mass is 16.5. The fourth-order valence-electron chi connectivity index (χ4n) is 2.55. The number of rotatable bonds is 5. The van der Waals surface area contributed by atoms with Gasteiger partial charge in [0, 0.05) is 18.3 Å². The first kappa shape index (κ1) is 14.9. The number of likely N-dealkylation sites (N-methyl/N-ethyl adjacent to an activating group) is 1. The fraction of sp³-hybridized carbons (Fsp3) is 0.600. The third-order valence-corrected chi connectivity index (χ3v) is 3.76. The molecule has 20 heavy (non-hydrogen) atoms. The normalized spacial score (nSPS) is 21.9. The molecule has 1 aliphatic rings. The third kappa shape index (κ3) is 3.35. The molecule has 1 amide bonds. The summed E-state index contributed by atoms with van der Waals surface area (Å²) < 4.78 is 5.42. The maximum absolute atomic E-state index is 12.6. The molecule has 0 aliphatic carbocycles. The quantitative estimate of drug-likeness (QED) is 0.871. The molecule has 2 unspecified atom stereocenters. The highest BCUT2D eigenvalue weighted by Crippen LogP contribution is 2.17. The average molecular weight is 277 g/mol. The van der Waals surface area contributed by atoms with Crippen LogP contribution in [-0.4, -0.2) is 48.6 Å². The molecule has 2 heterocycles. The molecule has 0 radical (unpaired) electrons. The van der Waals surface area contributed by atoms with Crippen molar-refractivity contribution in [3.05, 3.63) is 29.6 Å². The van der Waals surface area contributed by atoms with Crippen molar-refractivity contribution in [1.29, 1.82) is 0 Å². The van der Waals surface area contributed by atoms with Crippen LogP contribution in [-0.2, 0) is 16.1 Å². The summed E-state index contributed by atoms with van der Waals surface area (Å²) >= 11 is 0. The Hall–Kier alpha value is -1.46. The number of hydrogen-bond donors (Lipinski definition) is 1. The van der Waals surface area contributed by atoms with Crippen LogP contribution >= 0.6 is 0 Å². The van der Waals surface area contributed by atoms with E-state index in [0.717, 1.165) is 11.4 Å². The number of pyridine rings is 1. The van der Waals surface area contributed by atoms with E-state index in [2.05, 4.69) is 10.3 Å². The van der Waals surface area contributed by atoms with E-state index in [1.165, 1.54) is 0 Å². The van der Waals surface area contributed by atoms with Crippen LogP contribution in [0, 0.1) is 12.8 Å². The van der Waals surface area contributed by atoms with Gasteiger partial charge < -0.3 is 15.0 Å². The summed E-state index contributed by atoms with van der Waals surface area (Å²) in [5.41, 5.74) is 1.91. The number of carbonyl (C=O) groups is 1. The van der Waals surface area contributed by atoms with Gasteiger partial charge in [-0.05, 0) is 33.0 Å². The Bertz CT molecular complexity index is 464. The van der Waals surface area contributed by atoms with Crippen LogP contribution in [0.1, 0.15) is 18.3 Å². The minimum atomic E-state index is -0.0928. The van der Waals surface area contributed by atoms with Gasteiger partial charge in [0.25, 0.3) is 0 Å². The number of nitrogens with zero attached hydrogens (tertiary/aromatic N) is 2. The summed E-state index contributed by atoms with van der Waals surface area (Å²) in [6.45, 7) is 6.31. The van der Waals surface area contributed by atoms with E-state index < -0.39 is 0 Å². The van der Waals surface area contributed by atoms with Crippen molar-refractivity contribution in [1.82, 2.24) is 15.2 Å². The summed E-state index contributed by atoms with van der Waals surface area (Å²) in [6.07, 6.45) is 0. The highest BCUT2D eigenvalue weighted by molar-refractivity contribution is 5.80. The summed E-state index contributed by atoms with van der Waals surface area (Å²) in [6, 6.07) is 6.01. The molecule has 1 saturated heterocycles. The van der Waals surface area contributed by atoms with Crippen LogP contribution in [0.15, 0.2) is 18.2 Å². The van der Waals surface area contributed by atoms with Gasteiger partial charge in [-0.1, -0.05) is 6.07 Å². The summed E-state index contributed by atoms with van der Waals surface area (Å²) in [5, 5.41) is 3.16. The largest absolute Gasteiger partial charge is 0.379 e. The molecule has 0 bridgehead atoms. The lowest BCUT2D eigenvalue weighted by molar-refractivity contribution is -0.136. The maximum atomic E-state index is 12.6. The summed E-state index contributed by atoms with van der Waals surface area (Å²) in [4.78, 5) is 18.9. The van der Waals surface area contributed by atoms with Gasteiger partial charge in [-0.15, -0.1) is 0 Å². The van der Waals surface area contributed by atoms with Crippen LogP contribution in [0.2, 0.25) is 0 Å².